The summed E-state index contributed by atoms with van der Waals surface area (Å²) in [5.41, 5.74) is 1.13. The van der Waals surface area contributed by atoms with Gasteiger partial charge in [-0.1, -0.05) is 30.3 Å². The van der Waals surface area contributed by atoms with Crippen molar-refractivity contribution in [1.29, 1.82) is 0 Å². The van der Waals surface area contributed by atoms with E-state index in [4.69, 9.17) is 4.42 Å². The van der Waals surface area contributed by atoms with Gasteiger partial charge in [-0.2, -0.15) is 0 Å². The summed E-state index contributed by atoms with van der Waals surface area (Å²) in [5.74, 6) is 0.0598. The van der Waals surface area contributed by atoms with Crippen LogP contribution >= 0.6 is 0 Å². The summed E-state index contributed by atoms with van der Waals surface area (Å²) in [6.45, 7) is 0.954. The Morgan fingerprint density at radius 2 is 1.92 bits per heavy atom. The van der Waals surface area contributed by atoms with Gasteiger partial charge in [0.15, 0.2) is 6.54 Å². The molecule has 5 heteroatoms. The van der Waals surface area contributed by atoms with Crippen LogP contribution in [0.3, 0.4) is 0 Å². The van der Waals surface area contributed by atoms with Crippen molar-refractivity contribution in [2.75, 3.05) is 27.7 Å². The standard InChI is InChI=1S/C19H20N2O3/c1-20(2)17(22)12-21(3)11-14-10-18(23)24-16-9-8-13-6-4-5-7-15(13)19(14)16/h4-10H,11-12H2,1-3H3/p+1. The predicted molar refractivity (Wildman–Crippen MR) is 94.1 cm³/mol. The minimum absolute atomic E-state index is 0.0598. The van der Waals surface area contributed by atoms with E-state index in [1.54, 1.807) is 25.1 Å². The molecular weight excluding hydrogens is 304 g/mol. The van der Waals surface area contributed by atoms with E-state index in [9.17, 15) is 9.59 Å². The molecule has 1 heterocycles. The van der Waals surface area contributed by atoms with Crippen LogP contribution in [0.15, 0.2) is 51.7 Å². The minimum Gasteiger partial charge on any atom is -0.423 e. The molecule has 0 fully saturated rings. The number of carbonyl (C=O) groups excluding carboxylic acids is 1. The smallest absolute Gasteiger partial charge is 0.336 e. The molecule has 1 amide bonds. The van der Waals surface area contributed by atoms with E-state index in [-0.39, 0.29) is 11.5 Å². The Labute approximate surface area is 140 Å². The maximum absolute atomic E-state index is 11.9. The zero-order valence-electron chi connectivity index (χ0n) is 14.1. The third kappa shape index (κ3) is 3.16. The molecule has 5 nitrogen and oxygen atoms in total. The van der Waals surface area contributed by atoms with Crippen molar-refractivity contribution in [1.82, 2.24) is 4.90 Å². The second kappa shape index (κ2) is 6.45. The Hall–Kier alpha value is -2.66. The lowest BCUT2D eigenvalue weighted by Crippen LogP contribution is -3.08. The van der Waals surface area contributed by atoms with Crippen molar-refractivity contribution in [3.05, 3.63) is 58.4 Å². The topological polar surface area (TPSA) is 55.0 Å². The summed E-state index contributed by atoms with van der Waals surface area (Å²) in [6, 6.07) is 13.4. The van der Waals surface area contributed by atoms with Crippen LogP contribution in [-0.2, 0) is 11.3 Å². The van der Waals surface area contributed by atoms with Crippen LogP contribution in [0.5, 0.6) is 0 Å². The molecule has 0 bridgehead atoms. The third-order valence-corrected chi connectivity index (χ3v) is 4.16. The molecule has 24 heavy (non-hydrogen) atoms. The van der Waals surface area contributed by atoms with Gasteiger partial charge in [0.05, 0.1) is 7.05 Å². The first-order valence-corrected chi connectivity index (χ1v) is 7.91. The van der Waals surface area contributed by atoms with E-state index < -0.39 is 0 Å². The molecule has 1 unspecified atom stereocenters. The molecule has 124 valence electrons. The van der Waals surface area contributed by atoms with Crippen molar-refractivity contribution in [3.63, 3.8) is 0 Å². The number of benzene rings is 2. The molecule has 0 saturated carbocycles. The van der Waals surface area contributed by atoms with Crippen molar-refractivity contribution < 1.29 is 14.1 Å². The second-order valence-electron chi connectivity index (χ2n) is 6.35. The quantitative estimate of drug-likeness (QED) is 0.576. The second-order valence-corrected chi connectivity index (χ2v) is 6.35. The zero-order chi connectivity index (χ0) is 17.3. The van der Waals surface area contributed by atoms with E-state index >= 15 is 0 Å². The fourth-order valence-corrected chi connectivity index (χ4v) is 2.96. The van der Waals surface area contributed by atoms with Gasteiger partial charge in [0, 0.05) is 31.1 Å². The van der Waals surface area contributed by atoms with Crippen LogP contribution in [0.1, 0.15) is 5.56 Å². The average Bonchev–Trinajstić information content (AvgIpc) is 2.53. The summed E-state index contributed by atoms with van der Waals surface area (Å²) >= 11 is 0. The number of amides is 1. The van der Waals surface area contributed by atoms with Gasteiger partial charge in [0.25, 0.3) is 5.91 Å². The number of fused-ring (bicyclic) bond motifs is 3. The Morgan fingerprint density at radius 1 is 1.17 bits per heavy atom. The van der Waals surface area contributed by atoms with Crippen LogP contribution in [0, 0.1) is 0 Å². The summed E-state index contributed by atoms with van der Waals surface area (Å²) in [4.78, 5) is 26.4. The number of rotatable bonds is 4. The van der Waals surface area contributed by atoms with Crippen molar-refractivity contribution in [2.24, 2.45) is 0 Å². The molecule has 0 aliphatic carbocycles. The van der Waals surface area contributed by atoms with Crippen LogP contribution < -0.4 is 10.5 Å². The van der Waals surface area contributed by atoms with Crippen molar-refractivity contribution in [2.45, 2.75) is 6.54 Å². The number of nitrogens with one attached hydrogen (secondary N) is 1. The highest BCUT2D eigenvalue weighted by atomic mass is 16.4. The van der Waals surface area contributed by atoms with Crippen LogP contribution in [0.4, 0.5) is 0 Å². The van der Waals surface area contributed by atoms with Crippen LogP contribution in [0.2, 0.25) is 0 Å². The van der Waals surface area contributed by atoms with Gasteiger partial charge < -0.3 is 14.2 Å². The fourth-order valence-electron chi connectivity index (χ4n) is 2.96. The molecule has 0 saturated heterocycles. The normalized spacial score (nSPS) is 12.5. The van der Waals surface area contributed by atoms with Gasteiger partial charge in [-0.25, -0.2) is 4.79 Å². The highest BCUT2D eigenvalue weighted by molar-refractivity contribution is 6.06. The summed E-state index contributed by atoms with van der Waals surface area (Å²) < 4.78 is 5.37. The molecule has 0 aliphatic heterocycles. The largest absolute Gasteiger partial charge is 0.423 e. The predicted octanol–water partition coefficient (Wildman–Crippen LogP) is 1.05. The molecule has 0 radical (unpaired) electrons. The first-order valence-electron chi connectivity index (χ1n) is 7.91. The summed E-state index contributed by atoms with van der Waals surface area (Å²) in [6.07, 6.45) is 0. The van der Waals surface area contributed by atoms with Crippen LogP contribution in [0.25, 0.3) is 21.7 Å². The Balaban J connectivity index is 2.08. The highest BCUT2D eigenvalue weighted by Gasteiger charge is 2.16. The molecule has 0 spiro atoms. The molecule has 3 aromatic rings. The number of carbonyl (C=O) groups is 1. The maximum atomic E-state index is 11.9. The molecule has 2 aromatic carbocycles. The fraction of sp³-hybridized carbons (Fsp3) is 0.263. The van der Waals surface area contributed by atoms with Gasteiger partial charge in [0.1, 0.15) is 12.1 Å². The number of likely N-dealkylation sites (N-methyl/N-ethyl adjacent to an activating group) is 2. The monoisotopic (exact) mass is 325 g/mol. The van der Waals surface area contributed by atoms with Gasteiger partial charge >= 0.3 is 5.63 Å². The van der Waals surface area contributed by atoms with Crippen LogP contribution in [-0.4, -0.2) is 38.5 Å². The lowest BCUT2D eigenvalue weighted by Gasteiger charge is -2.17. The van der Waals surface area contributed by atoms with Crippen molar-refractivity contribution >= 4 is 27.6 Å². The first-order chi connectivity index (χ1) is 11.5. The number of hydrogen-bond acceptors (Lipinski definition) is 3. The van der Waals surface area contributed by atoms with E-state index in [0.29, 0.717) is 18.7 Å². The number of nitrogens with zero attached hydrogens (tertiary/aromatic N) is 1. The minimum atomic E-state index is -0.362. The molecule has 1 N–H and O–H groups in total. The lowest BCUT2D eigenvalue weighted by atomic mass is 10.0. The molecular formula is C19H21N2O3+. The number of quaternary nitrogens is 1. The SMILES string of the molecule is CN(C)C(=O)C[NH+](C)Cc1cc(=O)oc2ccc3ccccc3c12. The number of hydrogen-bond donors (Lipinski definition) is 1. The first kappa shape index (κ1) is 16.2. The van der Waals surface area contributed by atoms with Crippen molar-refractivity contribution in [3.8, 4) is 0 Å². The maximum Gasteiger partial charge on any atom is 0.336 e. The van der Waals surface area contributed by atoms with E-state index in [1.807, 2.05) is 43.4 Å². The van der Waals surface area contributed by atoms with Gasteiger partial charge in [-0.3, -0.25) is 4.79 Å². The molecule has 0 aliphatic rings. The van der Waals surface area contributed by atoms with E-state index in [0.717, 1.165) is 26.6 Å². The molecule has 3 rings (SSSR count). The molecule has 1 atom stereocenters. The summed E-state index contributed by atoms with van der Waals surface area (Å²) in [5, 5.41) is 3.10. The Morgan fingerprint density at radius 3 is 2.67 bits per heavy atom. The van der Waals surface area contributed by atoms with E-state index in [1.165, 1.54) is 0 Å². The Bertz CT molecular complexity index is 960. The lowest BCUT2D eigenvalue weighted by molar-refractivity contribution is -0.885. The summed E-state index contributed by atoms with van der Waals surface area (Å²) in [7, 11) is 5.44. The van der Waals surface area contributed by atoms with E-state index in [2.05, 4.69) is 0 Å². The highest BCUT2D eigenvalue weighted by Crippen LogP contribution is 2.26. The van der Waals surface area contributed by atoms with Gasteiger partial charge in [-0.15, -0.1) is 0 Å². The average molecular weight is 325 g/mol. The Kier molecular flexibility index (Phi) is 4.36. The van der Waals surface area contributed by atoms with Gasteiger partial charge in [0.2, 0.25) is 0 Å². The molecule has 1 aromatic heterocycles. The third-order valence-electron chi connectivity index (χ3n) is 4.16. The zero-order valence-corrected chi connectivity index (χ0v) is 14.1. The van der Waals surface area contributed by atoms with Gasteiger partial charge in [-0.05, 0) is 16.8 Å².